The second kappa shape index (κ2) is 4.63. The molecule has 16 heavy (non-hydrogen) atoms. The van der Waals surface area contributed by atoms with Gasteiger partial charge in [-0.15, -0.1) is 0 Å². The summed E-state index contributed by atoms with van der Waals surface area (Å²) in [6.07, 6.45) is 2.99. The molecule has 1 aliphatic heterocycles. The van der Waals surface area contributed by atoms with Gasteiger partial charge in [0.05, 0.1) is 6.04 Å². The van der Waals surface area contributed by atoms with E-state index in [2.05, 4.69) is 0 Å². The van der Waals surface area contributed by atoms with Crippen LogP contribution in [-0.4, -0.2) is 23.4 Å². The molecule has 1 aromatic carbocycles. The molecule has 4 N–H and O–H groups in total. The Hall–Kier alpha value is -1.39. The summed E-state index contributed by atoms with van der Waals surface area (Å²) in [5, 5.41) is 1.65. The number of hydrazine groups is 1. The number of nitrogen functional groups attached to an aromatic ring is 1. The highest BCUT2D eigenvalue weighted by Gasteiger charge is 2.27. The number of nitrogens with zero attached hydrogens (tertiary/aromatic N) is 1. The Kier molecular flexibility index (Phi) is 3.22. The lowest BCUT2D eigenvalue weighted by Gasteiger charge is -2.30. The zero-order valence-corrected chi connectivity index (χ0v) is 9.23. The number of carbonyl (C=O) groups excluding carboxylic acids is 1. The van der Waals surface area contributed by atoms with E-state index in [0.29, 0.717) is 11.3 Å². The summed E-state index contributed by atoms with van der Waals surface area (Å²) < 4.78 is 0. The first-order valence-corrected chi connectivity index (χ1v) is 5.59. The molecule has 0 radical (unpaired) electrons. The standard InChI is InChI=1S/C12H17N3O/c13-10-6-4-9(5-7-10)12(16)11-3-1-2-8-15(11)14/h4-7,11H,1-3,8,13-14H2. The fourth-order valence-corrected chi connectivity index (χ4v) is 2.08. The van der Waals surface area contributed by atoms with Crippen molar-refractivity contribution in [2.75, 3.05) is 12.3 Å². The van der Waals surface area contributed by atoms with Crippen molar-refractivity contribution in [3.05, 3.63) is 29.8 Å². The summed E-state index contributed by atoms with van der Waals surface area (Å²) in [5.74, 6) is 5.93. The van der Waals surface area contributed by atoms with Crippen LogP contribution < -0.4 is 11.6 Å². The van der Waals surface area contributed by atoms with Gasteiger partial charge in [0.2, 0.25) is 0 Å². The van der Waals surface area contributed by atoms with E-state index in [1.807, 2.05) is 0 Å². The number of hydrogen-bond acceptors (Lipinski definition) is 4. The Labute approximate surface area is 95.2 Å². The summed E-state index contributed by atoms with van der Waals surface area (Å²) in [6.45, 7) is 0.797. The maximum atomic E-state index is 12.2. The van der Waals surface area contributed by atoms with Gasteiger partial charge in [0.15, 0.2) is 5.78 Å². The van der Waals surface area contributed by atoms with E-state index >= 15 is 0 Å². The highest BCUT2D eigenvalue weighted by Crippen LogP contribution is 2.18. The molecule has 0 saturated carbocycles. The van der Waals surface area contributed by atoms with Crippen molar-refractivity contribution >= 4 is 11.5 Å². The lowest BCUT2D eigenvalue weighted by atomic mass is 9.96. The van der Waals surface area contributed by atoms with Gasteiger partial charge < -0.3 is 5.73 Å². The summed E-state index contributed by atoms with van der Waals surface area (Å²) in [6, 6.07) is 6.85. The van der Waals surface area contributed by atoms with Crippen molar-refractivity contribution in [1.29, 1.82) is 0 Å². The maximum Gasteiger partial charge on any atom is 0.181 e. The Bertz CT molecular complexity index is 374. The Morgan fingerprint density at radius 2 is 1.94 bits per heavy atom. The van der Waals surface area contributed by atoms with Crippen molar-refractivity contribution in [1.82, 2.24) is 5.01 Å². The fraction of sp³-hybridized carbons (Fsp3) is 0.417. The number of anilines is 1. The molecule has 4 heteroatoms. The molecule has 4 nitrogen and oxygen atoms in total. The summed E-state index contributed by atoms with van der Waals surface area (Å²) in [4.78, 5) is 12.2. The molecule has 0 bridgehead atoms. The molecule has 1 atom stereocenters. The number of benzene rings is 1. The van der Waals surface area contributed by atoms with Gasteiger partial charge in [0.25, 0.3) is 0 Å². The third-order valence-corrected chi connectivity index (χ3v) is 3.04. The van der Waals surface area contributed by atoms with Crippen LogP contribution in [0, 0.1) is 0 Å². The van der Waals surface area contributed by atoms with Crippen molar-refractivity contribution in [2.24, 2.45) is 5.84 Å². The molecule has 86 valence electrons. The number of Topliss-reactive ketones (excluding diaryl/α,β-unsaturated/α-hetero) is 1. The number of hydrogen-bond donors (Lipinski definition) is 2. The predicted octanol–water partition coefficient (Wildman–Crippen LogP) is 1.18. The average Bonchev–Trinajstić information content (AvgIpc) is 2.30. The molecule has 1 aliphatic rings. The molecule has 1 saturated heterocycles. The maximum absolute atomic E-state index is 12.2. The van der Waals surface area contributed by atoms with E-state index in [1.165, 1.54) is 0 Å². The summed E-state index contributed by atoms with van der Waals surface area (Å²) in [5.41, 5.74) is 6.95. The van der Waals surface area contributed by atoms with Crippen LogP contribution >= 0.6 is 0 Å². The number of rotatable bonds is 2. The van der Waals surface area contributed by atoms with Crippen LogP contribution in [0.15, 0.2) is 24.3 Å². The monoisotopic (exact) mass is 219 g/mol. The topological polar surface area (TPSA) is 72.4 Å². The second-order valence-electron chi connectivity index (χ2n) is 4.24. The zero-order chi connectivity index (χ0) is 11.5. The van der Waals surface area contributed by atoms with E-state index in [1.54, 1.807) is 29.3 Å². The molecular formula is C12H17N3O. The number of piperidine rings is 1. The first-order valence-electron chi connectivity index (χ1n) is 5.59. The van der Waals surface area contributed by atoms with Gasteiger partial charge in [0, 0.05) is 17.8 Å². The average molecular weight is 219 g/mol. The Morgan fingerprint density at radius 3 is 2.56 bits per heavy atom. The minimum Gasteiger partial charge on any atom is -0.399 e. The summed E-state index contributed by atoms with van der Waals surface area (Å²) >= 11 is 0. The lowest BCUT2D eigenvalue weighted by molar-refractivity contribution is 0.0748. The molecule has 0 aliphatic carbocycles. The SMILES string of the molecule is Nc1ccc(C(=O)C2CCCCN2N)cc1. The normalized spacial score (nSPS) is 21.9. The van der Waals surface area contributed by atoms with Crippen molar-refractivity contribution in [3.8, 4) is 0 Å². The van der Waals surface area contributed by atoms with Gasteiger partial charge in [-0.2, -0.15) is 0 Å². The van der Waals surface area contributed by atoms with Crippen LogP contribution in [0.2, 0.25) is 0 Å². The molecule has 1 heterocycles. The molecule has 1 aromatic rings. The lowest BCUT2D eigenvalue weighted by Crippen LogP contribution is -2.48. The van der Waals surface area contributed by atoms with Gasteiger partial charge in [-0.3, -0.25) is 10.6 Å². The van der Waals surface area contributed by atoms with Gasteiger partial charge >= 0.3 is 0 Å². The summed E-state index contributed by atoms with van der Waals surface area (Å²) in [7, 11) is 0. The van der Waals surface area contributed by atoms with E-state index < -0.39 is 0 Å². The molecule has 2 rings (SSSR count). The first kappa shape index (κ1) is 11.1. The third kappa shape index (κ3) is 2.23. The number of carbonyl (C=O) groups is 1. The van der Waals surface area contributed by atoms with Crippen molar-refractivity contribution in [3.63, 3.8) is 0 Å². The molecule has 0 aromatic heterocycles. The highest BCUT2D eigenvalue weighted by atomic mass is 16.1. The van der Waals surface area contributed by atoms with E-state index in [0.717, 1.165) is 25.8 Å². The predicted molar refractivity (Wildman–Crippen MR) is 63.7 cm³/mol. The number of ketones is 1. The van der Waals surface area contributed by atoms with Gasteiger partial charge in [0.1, 0.15) is 0 Å². The largest absolute Gasteiger partial charge is 0.399 e. The van der Waals surface area contributed by atoms with E-state index in [-0.39, 0.29) is 11.8 Å². The first-order chi connectivity index (χ1) is 7.68. The van der Waals surface area contributed by atoms with Gasteiger partial charge in [-0.25, -0.2) is 5.01 Å². The second-order valence-corrected chi connectivity index (χ2v) is 4.24. The van der Waals surface area contributed by atoms with Crippen LogP contribution in [0.4, 0.5) is 5.69 Å². The van der Waals surface area contributed by atoms with Gasteiger partial charge in [-0.05, 0) is 37.1 Å². The van der Waals surface area contributed by atoms with Crippen LogP contribution in [0.3, 0.4) is 0 Å². The Morgan fingerprint density at radius 1 is 1.25 bits per heavy atom. The smallest absolute Gasteiger partial charge is 0.181 e. The molecular weight excluding hydrogens is 202 g/mol. The fourth-order valence-electron chi connectivity index (χ4n) is 2.08. The molecule has 1 fully saturated rings. The zero-order valence-electron chi connectivity index (χ0n) is 9.23. The van der Waals surface area contributed by atoms with Crippen LogP contribution in [0.5, 0.6) is 0 Å². The molecule has 0 spiro atoms. The highest BCUT2D eigenvalue weighted by molar-refractivity contribution is 6.00. The molecule has 0 amide bonds. The van der Waals surface area contributed by atoms with Gasteiger partial charge in [-0.1, -0.05) is 6.42 Å². The van der Waals surface area contributed by atoms with Crippen LogP contribution in [-0.2, 0) is 0 Å². The van der Waals surface area contributed by atoms with E-state index in [4.69, 9.17) is 11.6 Å². The van der Waals surface area contributed by atoms with Crippen molar-refractivity contribution in [2.45, 2.75) is 25.3 Å². The number of nitrogens with two attached hydrogens (primary N) is 2. The molecule has 1 unspecified atom stereocenters. The van der Waals surface area contributed by atoms with E-state index in [9.17, 15) is 4.79 Å². The minimum atomic E-state index is -0.169. The Balaban J connectivity index is 2.14. The van der Waals surface area contributed by atoms with Crippen LogP contribution in [0.25, 0.3) is 0 Å². The quantitative estimate of drug-likeness (QED) is 0.445. The third-order valence-electron chi connectivity index (χ3n) is 3.04. The van der Waals surface area contributed by atoms with Crippen molar-refractivity contribution < 1.29 is 4.79 Å². The van der Waals surface area contributed by atoms with Crippen LogP contribution in [0.1, 0.15) is 29.6 Å². The minimum absolute atomic E-state index is 0.0993.